The molecule has 5 rings (SSSR count). The Kier molecular flexibility index (Phi) is 4.67. The van der Waals surface area contributed by atoms with Crippen LogP contribution in [0.3, 0.4) is 0 Å². The zero-order valence-corrected chi connectivity index (χ0v) is 17.7. The van der Waals surface area contributed by atoms with Gasteiger partial charge in [-0.25, -0.2) is 17.4 Å². The summed E-state index contributed by atoms with van der Waals surface area (Å²) in [5, 5.41) is 5.04. The Morgan fingerprint density at radius 2 is 1.58 bits per heavy atom. The number of fused-ring (bicyclic) bond motifs is 1. The third kappa shape index (κ3) is 3.53. The minimum Gasteiger partial charge on any atom is -0.275 e. The molecule has 154 valence electrons. The lowest BCUT2D eigenvalue weighted by Crippen LogP contribution is -2.12. The van der Waals surface area contributed by atoms with Crippen LogP contribution in [0.4, 0.5) is 0 Å². The van der Waals surface area contributed by atoms with E-state index in [0.717, 1.165) is 22.1 Å². The van der Waals surface area contributed by atoms with E-state index in [1.165, 1.54) is 9.54 Å². The van der Waals surface area contributed by atoms with Crippen LogP contribution in [-0.2, 0) is 23.5 Å². The van der Waals surface area contributed by atoms with E-state index in [4.69, 9.17) is 0 Å². The Bertz CT molecular complexity index is 1470. The van der Waals surface area contributed by atoms with Crippen LogP contribution in [0.1, 0.15) is 11.1 Å². The molecule has 0 N–H and O–H groups in total. The molecular weight excluding hydrogens is 408 g/mol. The standard InChI is InChI=1S/C24H20N4O2S/c1-27-16-20(15-26-27)23-17-28(31(29,30)21-10-6-3-7-11-21)24-22(23)13-19(14-25-24)12-18-8-4-2-5-9-18/h2-11,13-17H,12H2,1H3. The number of pyridine rings is 1. The third-order valence-electron chi connectivity index (χ3n) is 5.24. The maximum Gasteiger partial charge on any atom is 0.269 e. The van der Waals surface area contributed by atoms with Gasteiger partial charge in [0.15, 0.2) is 5.65 Å². The van der Waals surface area contributed by atoms with Crippen molar-refractivity contribution in [2.45, 2.75) is 11.3 Å². The summed E-state index contributed by atoms with van der Waals surface area (Å²) in [5.41, 5.74) is 4.21. The van der Waals surface area contributed by atoms with Gasteiger partial charge in [0.05, 0.1) is 11.1 Å². The average molecular weight is 429 g/mol. The van der Waals surface area contributed by atoms with Crippen LogP contribution in [0.5, 0.6) is 0 Å². The van der Waals surface area contributed by atoms with Crippen molar-refractivity contribution < 1.29 is 8.42 Å². The van der Waals surface area contributed by atoms with E-state index in [9.17, 15) is 8.42 Å². The van der Waals surface area contributed by atoms with E-state index in [1.807, 2.05) is 37.5 Å². The molecule has 6 nitrogen and oxygen atoms in total. The van der Waals surface area contributed by atoms with E-state index in [0.29, 0.717) is 12.1 Å². The smallest absolute Gasteiger partial charge is 0.269 e. The molecule has 7 heteroatoms. The Morgan fingerprint density at radius 3 is 2.26 bits per heavy atom. The Morgan fingerprint density at radius 1 is 0.871 bits per heavy atom. The second-order valence-electron chi connectivity index (χ2n) is 7.44. The summed E-state index contributed by atoms with van der Waals surface area (Å²) in [6.45, 7) is 0. The molecule has 2 aromatic carbocycles. The highest BCUT2D eigenvalue weighted by molar-refractivity contribution is 7.90. The highest BCUT2D eigenvalue weighted by atomic mass is 32.2. The van der Waals surface area contributed by atoms with Crippen LogP contribution in [0.25, 0.3) is 22.2 Å². The summed E-state index contributed by atoms with van der Waals surface area (Å²) in [6.07, 6.45) is 7.71. The van der Waals surface area contributed by atoms with Crippen LogP contribution in [0, 0.1) is 0 Å². The molecule has 0 bridgehead atoms. The summed E-state index contributed by atoms with van der Waals surface area (Å²) < 4.78 is 29.7. The topological polar surface area (TPSA) is 69.8 Å². The van der Waals surface area contributed by atoms with Crippen LogP contribution in [-0.4, -0.2) is 27.2 Å². The predicted molar refractivity (Wildman–Crippen MR) is 120 cm³/mol. The number of rotatable bonds is 5. The Hall–Kier alpha value is -3.71. The largest absolute Gasteiger partial charge is 0.275 e. The fourth-order valence-electron chi connectivity index (χ4n) is 3.73. The molecule has 5 aromatic rings. The maximum absolute atomic E-state index is 13.4. The van der Waals surface area contributed by atoms with Gasteiger partial charge in [0.1, 0.15) is 0 Å². The predicted octanol–water partition coefficient (Wildman–Crippen LogP) is 4.26. The molecule has 0 spiro atoms. The quantitative estimate of drug-likeness (QED) is 0.419. The van der Waals surface area contributed by atoms with Crippen LogP contribution in [0.15, 0.2) is 96.4 Å². The van der Waals surface area contributed by atoms with Gasteiger partial charge in [-0.15, -0.1) is 0 Å². The summed E-state index contributed by atoms with van der Waals surface area (Å²) in [6, 6.07) is 20.6. The van der Waals surface area contributed by atoms with Gasteiger partial charge in [0, 0.05) is 42.2 Å². The van der Waals surface area contributed by atoms with Gasteiger partial charge in [0.2, 0.25) is 0 Å². The molecule has 0 aliphatic heterocycles. The Labute approximate surface area is 180 Å². The molecule has 3 aromatic heterocycles. The maximum atomic E-state index is 13.4. The molecule has 0 atom stereocenters. The van der Waals surface area contributed by atoms with E-state index in [2.05, 4.69) is 22.2 Å². The molecule has 0 aliphatic carbocycles. The summed E-state index contributed by atoms with van der Waals surface area (Å²) in [5.74, 6) is 0. The number of benzene rings is 2. The number of hydrogen-bond acceptors (Lipinski definition) is 4. The number of hydrogen-bond donors (Lipinski definition) is 0. The van der Waals surface area contributed by atoms with Crippen molar-refractivity contribution in [1.82, 2.24) is 18.7 Å². The molecule has 3 heterocycles. The number of nitrogens with zero attached hydrogens (tertiary/aromatic N) is 4. The number of aryl methyl sites for hydroxylation is 1. The molecule has 0 aliphatic rings. The van der Waals surface area contributed by atoms with Gasteiger partial charge in [-0.3, -0.25) is 4.68 Å². The lowest BCUT2D eigenvalue weighted by Gasteiger charge is -2.07. The van der Waals surface area contributed by atoms with Crippen LogP contribution < -0.4 is 0 Å². The first-order valence-corrected chi connectivity index (χ1v) is 11.3. The van der Waals surface area contributed by atoms with Crippen molar-refractivity contribution in [3.05, 3.63) is 103 Å². The first-order chi connectivity index (χ1) is 15.0. The van der Waals surface area contributed by atoms with Gasteiger partial charge in [-0.05, 0) is 35.7 Å². The zero-order chi connectivity index (χ0) is 21.4. The molecule has 0 unspecified atom stereocenters. The second kappa shape index (κ2) is 7.52. The lowest BCUT2D eigenvalue weighted by molar-refractivity contribution is 0.589. The summed E-state index contributed by atoms with van der Waals surface area (Å²) in [7, 11) is -1.95. The Balaban J connectivity index is 1.70. The van der Waals surface area contributed by atoms with Crippen molar-refractivity contribution in [2.24, 2.45) is 7.05 Å². The van der Waals surface area contributed by atoms with Crippen molar-refractivity contribution in [1.29, 1.82) is 0 Å². The first kappa shape index (κ1) is 19.3. The van der Waals surface area contributed by atoms with Crippen molar-refractivity contribution in [3.63, 3.8) is 0 Å². The minimum absolute atomic E-state index is 0.222. The van der Waals surface area contributed by atoms with E-state index in [1.54, 1.807) is 53.6 Å². The third-order valence-corrected chi connectivity index (χ3v) is 6.90. The molecule has 0 fully saturated rings. The normalized spacial score (nSPS) is 11.8. The SMILES string of the molecule is Cn1cc(-c2cn(S(=O)(=O)c3ccccc3)c3ncc(Cc4ccccc4)cc23)cn1. The monoisotopic (exact) mass is 428 g/mol. The fraction of sp³-hybridized carbons (Fsp3) is 0.0833. The van der Waals surface area contributed by atoms with Crippen molar-refractivity contribution in [3.8, 4) is 11.1 Å². The van der Waals surface area contributed by atoms with Gasteiger partial charge in [-0.2, -0.15) is 5.10 Å². The molecule has 0 saturated carbocycles. The molecule has 0 saturated heterocycles. The zero-order valence-electron chi connectivity index (χ0n) is 16.9. The summed E-state index contributed by atoms with van der Waals surface area (Å²) >= 11 is 0. The molecule has 31 heavy (non-hydrogen) atoms. The minimum atomic E-state index is -3.79. The average Bonchev–Trinajstić information content (AvgIpc) is 3.38. The van der Waals surface area contributed by atoms with Crippen LogP contribution >= 0.6 is 0 Å². The highest BCUT2D eigenvalue weighted by Crippen LogP contribution is 2.32. The van der Waals surface area contributed by atoms with Gasteiger partial charge < -0.3 is 0 Å². The number of aromatic nitrogens is 4. The molecule has 0 radical (unpaired) electrons. The van der Waals surface area contributed by atoms with Gasteiger partial charge in [-0.1, -0.05) is 48.5 Å². The first-order valence-electron chi connectivity index (χ1n) is 9.86. The van der Waals surface area contributed by atoms with Crippen molar-refractivity contribution >= 4 is 21.1 Å². The second-order valence-corrected chi connectivity index (χ2v) is 9.25. The van der Waals surface area contributed by atoms with E-state index in [-0.39, 0.29) is 4.90 Å². The highest BCUT2D eigenvalue weighted by Gasteiger charge is 2.23. The lowest BCUT2D eigenvalue weighted by atomic mass is 10.0. The van der Waals surface area contributed by atoms with Crippen molar-refractivity contribution in [2.75, 3.05) is 0 Å². The van der Waals surface area contributed by atoms with Gasteiger partial charge >= 0.3 is 0 Å². The molecular formula is C24H20N4O2S. The van der Waals surface area contributed by atoms with Crippen LogP contribution in [0.2, 0.25) is 0 Å². The fourth-order valence-corrected chi connectivity index (χ4v) is 5.08. The summed E-state index contributed by atoms with van der Waals surface area (Å²) in [4.78, 5) is 4.80. The molecule has 0 amide bonds. The van der Waals surface area contributed by atoms with Gasteiger partial charge in [0.25, 0.3) is 10.0 Å². The van der Waals surface area contributed by atoms with E-state index < -0.39 is 10.0 Å². The van der Waals surface area contributed by atoms with E-state index >= 15 is 0 Å².